The second-order valence-electron chi connectivity index (χ2n) is 9.46. The zero-order valence-corrected chi connectivity index (χ0v) is 24.6. The van der Waals surface area contributed by atoms with Crippen molar-refractivity contribution >= 4 is 40.9 Å². The van der Waals surface area contributed by atoms with E-state index in [1.807, 2.05) is 6.26 Å². The van der Waals surface area contributed by atoms with Crippen LogP contribution in [0.5, 0.6) is 0 Å². The summed E-state index contributed by atoms with van der Waals surface area (Å²) in [6, 6.07) is 3.82. The number of hydrogen-bond acceptors (Lipinski definition) is 6. The molecule has 0 aliphatic carbocycles. The van der Waals surface area contributed by atoms with Crippen molar-refractivity contribution in [3.8, 4) is 0 Å². The molecular weight excluding hydrogens is 674 g/mol. The van der Waals surface area contributed by atoms with Gasteiger partial charge in [0, 0.05) is 18.0 Å². The van der Waals surface area contributed by atoms with Gasteiger partial charge in [0.2, 0.25) is 0 Å². The molecule has 2 heterocycles. The van der Waals surface area contributed by atoms with Gasteiger partial charge in [0.15, 0.2) is 5.69 Å². The standard InChI is InChI=1S/C25H21ClF10N6O2S/c1-11(10-45-3)38-21(44)18-13(5-4-6-15(18)26)20(43)40-16-7-37-17(39-12(16)2)9-42-8-14(22(27,28)24(31,32)33)19(41-42)23(29,30)25(34,35)36/h4-8,11H,9-10H2,1-3H3,(H,38,44)(H,40,43)/t11-/m0/s1. The van der Waals surface area contributed by atoms with E-state index in [9.17, 15) is 53.5 Å². The molecule has 0 radical (unpaired) electrons. The molecule has 2 amide bonds. The van der Waals surface area contributed by atoms with Crippen LogP contribution >= 0.6 is 23.4 Å². The molecule has 1 atom stereocenters. The smallest absolute Gasteiger partial charge is 0.349 e. The molecule has 2 aromatic heterocycles. The second kappa shape index (κ2) is 13.0. The molecule has 20 heteroatoms. The maximum absolute atomic E-state index is 14.0. The molecule has 0 aliphatic rings. The SMILES string of the molecule is CSC[C@H](C)NC(=O)c1c(Cl)cccc1C(=O)Nc1cnc(Cn2cc(C(F)(F)C(F)(F)F)c(C(F)(F)C(F)(F)F)n2)nc1C. The molecule has 0 saturated heterocycles. The average Bonchev–Trinajstić information content (AvgIpc) is 3.34. The number of carbonyl (C=O) groups is 2. The van der Waals surface area contributed by atoms with Gasteiger partial charge >= 0.3 is 24.2 Å². The van der Waals surface area contributed by atoms with Crippen molar-refractivity contribution < 1.29 is 53.5 Å². The van der Waals surface area contributed by atoms with E-state index in [0.717, 1.165) is 6.20 Å². The highest BCUT2D eigenvalue weighted by Crippen LogP contribution is 2.51. The lowest BCUT2D eigenvalue weighted by Gasteiger charge is -2.23. The molecule has 0 spiro atoms. The number of hydrogen-bond donors (Lipinski definition) is 2. The van der Waals surface area contributed by atoms with E-state index >= 15 is 0 Å². The van der Waals surface area contributed by atoms with Gasteiger partial charge < -0.3 is 10.6 Å². The molecule has 0 fully saturated rings. The third-order valence-electron chi connectivity index (χ3n) is 5.97. The molecule has 0 unspecified atom stereocenters. The number of anilines is 1. The lowest BCUT2D eigenvalue weighted by molar-refractivity contribution is -0.302. The van der Waals surface area contributed by atoms with Crippen LogP contribution in [0.4, 0.5) is 49.6 Å². The van der Waals surface area contributed by atoms with Crippen molar-refractivity contribution in [2.45, 2.75) is 50.6 Å². The van der Waals surface area contributed by atoms with Crippen LogP contribution in [0.25, 0.3) is 0 Å². The van der Waals surface area contributed by atoms with E-state index in [1.165, 1.54) is 36.9 Å². The predicted molar refractivity (Wildman–Crippen MR) is 143 cm³/mol. The Balaban J connectivity index is 1.91. The quantitative estimate of drug-likeness (QED) is 0.229. The number of rotatable bonds is 10. The van der Waals surface area contributed by atoms with Crippen LogP contribution in [0, 0.1) is 6.92 Å². The van der Waals surface area contributed by atoms with Crippen molar-refractivity contribution in [2.24, 2.45) is 0 Å². The predicted octanol–water partition coefficient (Wildman–Crippen LogP) is 6.73. The summed E-state index contributed by atoms with van der Waals surface area (Å²) in [4.78, 5) is 33.6. The highest BCUT2D eigenvalue weighted by atomic mass is 35.5. The van der Waals surface area contributed by atoms with Crippen LogP contribution in [0.2, 0.25) is 5.02 Å². The fourth-order valence-electron chi connectivity index (χ4n) is 3.83. The van der Waals surface area contributed by atoms with Crippen molar-refractivity contribution in [1.29, 1.82) is 0 Å². The minimum Gasteiger partial charge on any atom is -0.349 e. The van der Waals surface area contributed by atoms with Crippen molar-refractivity contribution in [1.82, 2.24) is 25.1 Å². The first-order valence-electron chi connectivity index (χ1n) is 12.3. The Labute approximate surface area is 256 Å². The molecule has 8 nitrogen and oxygen atoms in total. The van der Waals surface area contributed by atoms with E-state index < -0.39 is 59.6 Å². The van der Waals surface area contributed by atoms with E-state index in [0.29, 0.717) is 5.75 Å². The number of amides is 2. The van der Waals surface area contributed by atoms with Crippen LogP contribution in [-0.4, -0.2) is 62.0 Å². The van der Waals surface area contributed by atoms with Crippen LogP contribution in [-0.2, 0) is 18.4 Å². The van der Waals surface area contributed by atoms with Crippen LogP contribution in [0.3, 0.4) is 0 Å². The third kappa shape index (κ3) is 7.62. The number of aryl methyl sites for hydroxylation is 1. The largest absolute Gasteiger partial charge is 0.459 e. The Morgan fingerprint density at radius 3 is 2.18 bits per heavy atom. The summed E-state index contributed by atoms with van der Waals surface area (Å²) in [6.45, 7) is 2.00. The molecular formula is C25H21ClF10N6O2S. The molecule has 2 N–H and O–H groups in total. The summed E-state index contributed by atoms with van der Waals surface area (Å²) in [7, 11) is 0. The lowest BCUT2D eigenvalue weighted by Crippen LogP contribution is -2.40. The monoisotopic (exact) mass is 694 g/mol. The van der Waals surface area contributed by atoms with E-state index in [2.05, 4.69) is 25.7 Å². The van der Waals surface area contributed by atoms with Gasteiger partial charge in [0.25, 0.3) is 11.8 Å². The summed E-state index contributed by atoms with van der Waals surface area (Å²) in [5, 5.41) is 7.79. The normalized spacial score (nSPS) is 13.5. The summed E-state index contributed by atoms with van der Waals surface area (Å²) in [5.41, 5.74) is -5.97. The number of thioether (sulfide) groups is 1. The van der Waals surface area contributed by atoms with Gasteiger partial charge in [-0.15, -0.1) is 0 Å². The molecule has 0 aliphatic heterocycles. The first kappa shape index (κ1) is 35.9. The number of aromatic nitrogens is 4. The number of nitrogens with one attached hydrogen (secondary N) is 2. The van der Waals surface area contributed by atoms with E-state index in [4.69, 9.17) is 11.6 Å². The van der Waals surface area contributed by atoms with E-state index in [1.54, 1.807) is 6.92 Å². The van der Waals surface area contributed by atoms with Crippen LogP contribution in [0.15, 0.2) is 30.6 Å². The van der Waals surface area contributed by atoms with Gasteiger partial charge in [-0.25, -0.2) is 9.97 Å². The number of nitrogens with zero attached hydrogens (tertiary/aromatic N) is 4. The van der Waals surface area contributed by atoms with Gasteiger partial charge in [0.05, 0.1) is 39.3 Å². The van der Waals surface area contributed by atoms with Gasteiger partial charge in [0.1, 0.15) is 12.4 Å². The zero-order valence-electron chi connectivity index (χ0n) is 23.0. The lowest BCUT2D eigenvalue weighted by atomic mass is 10.0. The Bertz CT molecular complexity index is 1540. The minimum atomic E-state index is -6.55. The topological polar surface area (TPSA) is 102 Å². The summed E-state index contributed by atoms with van der Waals surface area (Å²) >= 11 is 7.65. The Morgan fingerprint density at radius 2 is 1.62 bits per heavy atom. The van der Waals surface area contributed by atoms with Crippen molar-refractivity contribution in [3.63, 3.8) is 0 Å². The summed E-state index contributed by atoms with van der Waals surface area (Å²) in [6.07, 6.45) is -10.6. The van der Waals surface area contributed by atoms with Crippen molar-refractivity contribution in [3.05, 3.63) is 69.5 Å². The molecule has 3 aromatic rings. The molecule has 3 rings (SSSR count). The molecule has 0 bridgehead atoms. The number of carbonyl (C=O) groups excluding carboxylic acids is 2. The highest BCUT2D eigenvalue weighted by molar-refractivity contribution is 7.98. The Kier molecular flexibility index (Phi) is 10.4. The van der Waals surface area contributed by atoms with Gasteiger partial charge in [-0.1, -0.05) is 17.7 Å². The average molecular weight is 695 g/mol. The first-order valence-corrected chi connectivity index (χ1v) is 14.1. The first-order chi connectivity index (χ1) is 20.6. The molecule has 0 saturated carbocycles. The number of benzene rings is 1. The molecule has 45 heavy (non-hydrogen) atoms. The van der Waals surface area contributed by atoms with E-state index in [-0.39, 0.29) is 44.5 Å². The van der Waals surface area contributed by atoms with Gasteiger partial charge in [-0.2, -0.15) is 60.8 Å². The molecule has 246 valence electrons. The number of alkyl halides is 10. The number of halogens is 11. The summed E-state index contributed by atoms with van der Waals surface area (Å²) in [5.74, 6) is -13.7. The highest BCUT2D eigenvalue weighted by Gasteiger charge is 2.67. The summed E-state index contributed by atoms with van der Waals surface area (Å²) < 4.78 is 133. The maximum atomic E-state index is 14.0. The minimum absolute atomic E-state index is 0.0219. The third-order valence-corrected chi connectivity index (χ3v) is 7.12. The Morgan fingerprint density at radius 1 is 1.00 bits per heavy atom. The Hall–Kier alpha value is -3.61. The van der Waals surface area contributed by atoms with Crippen LogP contribution < -0.4 is 10.6 Å². The van der Waals surface area contributed by atoms with Gasteiger partial charge in [-0.3, -0.25) is 14.3 Å². The fraction of sp³-hybridized carbons (Fsp3) is 0.400. The zero-order chi connectivity index (χ0) is 34.1. The maximum Gasteiger partial charge on any atom is 0.459 e. The van der Waals surface area contributed by atoms with Crippen LogP contribution in [0.1, 0.15) is 50.4 Å². The van der Waals surface area contributed by atoms with Gasteiger partial charge in [-0.05, 0) is 32.2 Å². The van der Waals surface area contributed by atoms with Crippen molar-refractivity contribution in [2.75, 3.05) is 17.3 Å². The second-order valence-corrected chi connectivity index (χ2v) is 10.8. The molecule has 1 aromatic carbocycles. The fourth-order valence-corrected chi connectivity index (χ4v) is 4.68.